The Morgan fingerprint density at radius 2 is 2.11 bits per heavy atom. The van der Waals surface area contributed by atoms with Crippen molar-refractivity contribution in [1.82, 2.24) is 14.8 Å². The van der Waals surface area contributed by atoms with Gasteiger partial charge in [-0.15, -0.1) is 10.2 Å². The minimum absolute atomic E-state index is 0.515. The van der Waals surface area contributed by atoms with Crippen LogP contribution in [0.2, 0.25) is 0 Å². The molecule has 96 valence electrons. The topological polar surface area (TPSA) is 50.9 Å². The van der Waals surface area contributed by atoms with Crippen LogP contribution in [0.1, 0.15) is 24.4 Å². The first-order valence-electron chi connectivity index (χ1n) is 5.50. The van der Waals surface area contributed by atoms with Crippen molar-refractivity contribution in [3.63, 3.8) is 0 Å². The number of aliphatic hydroxyl groups is 1. The van der Waals surface area contributed by atoms with Crippen LogP contribution in [0, 0.1) is 6.92 Å². The van der Waals surface area contributed by atoms with Crippen LogP contribution in [0.15, 0.2) is 32.7 Å². The van der Waals surface area contributed by atoms with Crippen LogP contribution in [-0.4, -0.2) is 19.9 Å². The summed E-state index contributed by atoms with van der Waals surface area (Å²) in [6, 6.07) is 5.86. The van der Waals surface area contributed by atoms with Gasteiger partial charge in [0.2, 0.25) is 0 Å². The average molecular weight is 328 g/mol. The van der Waals surface area contributed by atoms with Gasteiger partial charge in [-0.2, -0.15) is 0 Å². The molecule has 0 fully saturated rings. The predicted molar refractivity (Wildman–Crippen MR) is 74.6 cm³/mol. The monoisotopic (exact) mass is 327 g/mol. The Balaban J connectivity index is 2.37. The molecule has 1 aromatic heterocycles. The molecule has 2 aromatic rings. The van der Waals surface area contributed by atoms with Gasteiger partial charge in [-0.3, -0.25) is 0 Å². The minimum Gasteiger partial charge on any atom is -0.389 e. The van der Waals surface area contributed by atoms with Gasteiger partial charge in [0, 0.05) is 16.4 Å². The Kier molecular flexibility index (Phi) is 4.09. The van der Waals surface area contributed by atoms with Crippen molar-refractivity contribution in [2.24, 2.45) is 7.05 Å². The quantitative estimate of drug-likeness (QED) is 0.941. The lowest BCUT2D eigenvalue weighted by Crippen LogP contribution is -1.97. The maximum absolute atomic E-state index is 9.80. The molecule has 0 saturated heterocycles. The molecule has 0 radical (unpaired) electrons. The first-order chi connectivity index (χ1) is 8.49. The van der Waals surface area contributed by atoms with Gasteiger partial charge in [0.1, 0.15) is 5.82 Å². The summed E-state index contributed by atoms with van der Waals surface area (Å²) in [5.41, 5.74) is 0.884. The highest BCUT2D eigenvalue weighted by molar-refractivity contribution is 9.10. The Morgan fingerprint density at radius 3 is 2.67 bits per heavy atom. The van der Waals surface area contributed by atoms with Crippen LogP contribution in [0.5, 0.6) is 0 Å². The first kappa shape index (κ1) is 13.6. The molecule has 0 aliphatic heterocycles. The number of nitrogens with zero attached hydrogens (tertiary/aromatic N) is 3. The van der Waals surface area contributed by atoms with Gasteiger partial charge in [-0.05, 0) is 49.4 Å². The summed E-state index contributed by atoms with van der Waals surface area (Å²) in [6.45, 7) is 3.67. The van der Waals surface area contributed by atoms with E-state index in [2.05, 4.69) is 26.1 Å². The number of aryl methyl sites for hydroxylation is 1. The van der Waals surface area contributed by atoms with E-state index in [1.807, 2.05) is 36.7 Å². The van der Waals surface area contributed by atoms with Crippen LogP contribution in [-0.2, 0) is 7.05 Å². The summed E-state index contributed by atoms with van der Waals surface area (Å²) in [6.07, 6.45) is -0.515. The summed E-state index contributed by atoms with van der Waals surface area (Å²) < 4.78 is 2.88. The van der Waals surface area contributed by atoms with E-state index in [1.54, 1.807) is 6.92 Å². The highest BCUT2D eigenvalue weighted by Gasteiger charge is 2.13. The zero-order valence-electron chi connectivity index (χ0n) is 10.4. The Hall–Kier alpha value is -0.850. The molecule has 0 amide bonds. The molecular formula is C12H14BrN3OS. The molecule has 0 saturated carbocycles. The van der Waals surface area contributed by atoms with E-state index in [9.17, 15) is 5.11 Å². The third kappa shape index (κ3) is 2.76. The Bertz CT molecular complexity index is 568. The van der Waals surface area contributed by atoms with Crippen LogP contribution >= 0.6 is 27.7 Å². The van der Waals surface area contributed by atoms with E-state index in [0.29, 0.717) is 0 Å². The van der Waals surface area contributed by atoms with Gasteiger partial charge in [-0.25, -0.2) is 0 Å². The largest absolute Gasteiger partial charge is 0.389 e. The summed E-state index contributed by atoms with van der Waals surface area (Å²) in [7, 11) is 1.93. The normalized spacial score (nSPS) is 12.7. The fourth-order valence-electron chi connectivity index (χ4n) is 1.51. The molecule has 0 aliphatic rings. The van der Waals surface area contributed by atoms with Crippen molar-refractivity contribution in [2.45, 2.75) is 30.0 Å². The summed E-state index contributed by atoms with van der Waals surface area (Å²) in [4.78, 5) is 0.990. The molecular weight excluding hydrogens is 314 g/mol. The number of halogens is 1. The van der Waals surface area contributed by atoms with Gasteiger partial charge in [0.05, 0.1) is 6.10 Å². The number of aromatic nitrogens is 3. The maximum atomic E-state index is 9.80. The lowest BCUT2D eigenvalue weighted by atomic mass is 10.1. The van der Waals surface area contributed by atoms with E-state index < -0.39 is 6.10 Å². The van der Waals surface area contributed by atoms with Crippen molar-refractivity contribution in [3.8, 4) is 0 Å². The van der Waals surface area contributed by atoms with E-state index in [1.165, 1.54) is 11.8 Å². The number of hydrogen-bond donors (Lipinski definition) is 1. The van der Waals surface area contributed by atoms with Crippen molar-refractivity contribution in [3.05, 3.63) is 34.1 Å². The van der Waals surface area contributed by atoms with Crippen LogP contribution in [0.3, 0.4) is 0 Å². The van der Waals surface area contributed by atoms with Crippen LogP contribution in [0.4, 0.5) is 0 Å². The third-order valence-corrected chi connectivity index (χ3v) is 4.30. The molecule has 0 aliphatic carbocycles. The number of benzene rings is 1. The molecule has 6 heteroatoms. The minimum atomic E-state index is -0.515. The molecule has 0 spiro atoms. The van der Waals surface area contributed by atoms with Crippen molar-refractivity contribution in [2.75, 3.05) is 0 Å². The third-order valence-electron chi connectivity index (χ3n) is 2.68. The second-order valence-electron chi connectivity index (χ2n) is 4.05. The van der Waals surface area contributed by atoms with Gasteiger partial charge in [0.25, 0.3) is 0 Å². The van der Waals surface area contributed by atoms with Crippen LogP contribution in [0.25, 0.3) is 0 Å². The number of aliphatic hydroxyl groups excluding tert-OH is 1. The van der Waals surface area contributed by atoms with E-state index in [0.717, 1.165) is 25.9 Å². The first-order valence-corrected chi connectivity index (χ1v) is 7.11. The summed E-state index contributed by atoms with van der Waals surface area (Å²) in [5.74, 6) is 0.869. The molecule has 1 atom stereocenters. The summed E-state index contributed by atoms with van der Waals surface area (Å²) in [5, 5.41) is 18.8. The lowest BCUT2D eigenvalue weighted by Gasteiger charge is -2.11. The van der Waals surface area contributed by atoms with Gasteiger partial charge in [0.15, 0.2) is 5.16 Å². The molecule has 1 N–H and O–H groups in total. The lowest BCUT2D eigenvalue weighted by molar-refractivity contribution is 0.196. The molecule has 18 heavy (non-hydrogen) atoms. The fourth-order valence-corrected chi connectivity index (χ4v) is 2.92. The van der Waals surface area contributed by atoms with Crippen molar-refractivity contribution < 1.29 is 5.11 Å². The SMILES string of the molecule is Cc1nnc(Sc2ccc(Br)cc2C(C)O)n1C. The zero-order chi connectivity index (χ0) is 13.3. The fraction of sp³-hybridized carbons (Fsp3) is 0.333. The molecule has 0 bridgehead atoms. The van der Waals surface area contributed by atoms with E-state index >= 15 is 0 Å². The Morgan fingerprint density at radius 1 is 1.39 bits per heavy atom. The highest BCUT2D eigenvalue weighted by Crippen LogP contribution is 2.34. The molecule has 1 aromatic carbocycles. The molecule has 4 nitrogen and oxygen atoms in total. The summed E-state index contributed by atoms with van der Waals surface area (Å²) >= 11 is 4.92. The van der Waals surface area contributed by atoms with E-state index in [-0.39, 0.29) is 0 Å². The Labute approximate surface area is 119 Å². The standard InChI is InChI=1S/C12H14BrN3OS/c1-7(17)10-6-9(13)4-5-11(10)18-12-15-14-8(2)16(12)3/h4-7,17H,1-3H3. The zero-order valence-corrected chi connectivity index (χ0v) is 12.8. The molecule has 2 rings (SSSR count). The predicted octanol–water partition coefficient (Wildman–Crippen LogP) is 3.09. The van der Waals surface area contributed by atoms with Crippen molar-refractivity contribution in [1.29, 1.82) is 0 Å². The highest BCUT2D eigenvalue weighted by atomic mass is 79.9. The maximum Gasteiger partial charge on any atom is 0.195 e. The molecule has 1 heterocycles. The number of rotatable bonds is 3. The van der Waals surface area contributed by atoms with Gasteiger partial charge >= 0.3 is 0 Å². The molecule has 1 unspecified atom stereocenters. The number of hydrogen-bond acceptors (Lipinski definition) is 4. The van der Waals surface area contributed by atoms with Gasteiger partial charge < -0.3 is 9.67 Å². The van der Waals surface area contributed by atoms with Crippen LogP contribution < -0.4 is 0 Å². The van der Waals surface area contributed by atoms with Crippen molar-refractivity contribution >= 4 is 27.7 Å². The van der Waals surface area contributed by atoms with Gasteiger partial charge in [-0.1, -0.05) is 15.9 Å². The average Bonchev–Trinajstić information content (AvgIpc) is 2.63. The second-order valence-corrected chi connectivity index (χ2v) is 5.97. The van der Waals surface area contributed by atoms with E-state index in [4.69, 9.17) is 0 Å². The smallest absolute Gasteiger partial charge is 0.195 e. The second kappa shape index (κ2) is 5.42.